The fourth-order valence-corrected chi connectivity index (χ4v) is 2.39. The van der Waals surface area contributed by atoms with E-state index in [0.29, 0.717) is 49.2 Å². The molecule has 146 valence electrons. The quantitative estimate of drug-likeness (QED) is 0.486. The van der Waals surface area contributed by atoms with Gasteiger partial charge in [0.15, 0.2) is 0 Å². The number of rotatable bonds is 8. The molecular formula is C19H25N3O5. The van der Waals surface area contributed by atoms with E-state index in [1.165, 1.54) is 0 Å². The van der Waals surface area contributed by atoms with Crippen LogP contribution in [0.1, 0.15) is 34.4 Å². The zero-order valence-corrected chi connectivity index (χ0v) is 15.8. The summed E-state index contributed by atoms with van der Waals surface area (Å²) < 4.78 is 16.0. The number of nitrogens with one attached hydrogen (secondary N) is 3. The molecule has 3 N–H and O–H groups in total. The van der Waals surface area contributed by atoms with Gasteiger partial charge < -0.3 is 19.2 Å². The molecule has 0 aliphatic carbocycles. The van der Waals surface area contributed by atoms with Gasteiger partial charge in [-0.1, -0.05) is 12.1 Å². The van der Waals surface area contributed by atoms with Crippen LogP contribution in [0.4, 0.5) is 10.5 Å². The topological polar surface area (TPSA) is 102 Å². The molecule has 0 atom stereocenters. The van der Waals surface area contributed by atoms with Gasteiger partial charge in [-0.15, -0.1) is 0 Å². The molecule has 27 heavy (non-hydrogen) atoms. The first-order valence-electron chi connectivity index (χ1n) is 8.68. The number of hydrogen-bond acceptors (Lipinski definition) is 5. The molecule has 1 aromatic carbocycles. The number of carbonyl (C=O) groups is 2. The Hall–Kier alpha value is -2.84. The van der Waals surface area contributed by atoms with E-state index < -0.39 is 11.9 Å². The SMILES string of the molecule is CCOCCOCc1cccc(NC(=O)NNC(=O)c2cc(C)oc2C)c1. The average molecular weight is 375 g/mol. The minimum Gasteiger partial charge on any atom is -0.466 e. The van der Waals surface area contributed by atoms with E-state index in [9.17, 15) is 9.59 Å². The number of benzene rings is 1. The first-order valence-corrected chi connectivity index (χ1v) is 8.68. The van der Waals surface area contributed by atoms with Crippen molar-refractivity contribution in [3.63, 3.8) is 0 Å². The van der Waals surface area contributed by atoms with E-state index in [2.05, 4.69) is 16.2 Å². The fourth-order valence-electron chi connectivity index (χ4n) is 2.39. The summed E-state index contributed by atoms with van der Waals surface area (Å²) in [5, 5.41) is 2.65. The highest BCUT2D eigenvalue weighted by Crippen LogP contribution is 2.13. The summed E-state index contributed by atoms with van der Waals surface area (Å²) in [6, 6.07) is 8.30. The van der Waals surface area contributed by atoms with Crippen LogP contribution in [-0.2, 0) is 16.1 Å². The molecule has 0 fully saturated rings. The van der Waals surface area contributed by atoms with Crippen molar-refractivity contribution in [2.45, 2.75) is 27.4 Å². The summed E-state index contributed by atoms with van der Waals surface area (Å²) in [5.74, 6) is 0.669. The van der Waals surface area contributed by atoms with Gasteiger partial charge in [0.1, 0.15) is 11.5 Å². The Balaban J connectivity index is 1.79. The molecule has 8 heteroatoms. The van der Waals surface area contributed by atoms with Gasteiger partial charge in [-0.2, -0.15) is 0 Å². The lowest BCUT2D eigenvalue weighted by molar-refractivity contribution is 0.0453. The number of amides is 3. The van der Waals surface area contributed by atoms with E-state index in [4.69, 9.17) is 13.9 Å². The summed E-state index contributed by atoms with van der Waals surface area (Å²) in [6.07, 6.45) is 0. The Morgan fingerprint density at radius 3 is 2.56 bits per heavy atom. The smallest absolute Gasteiger partial charge is 0.337 e. The second kappa shape index (κ2) is 10.3. The first-order chi connectivity index (χ1) is 13.0. The number of urea groups is 1. The minimum atomic E-state index is -0.560. The molecule has 0 saturated carbocycles. The minimum absolute atomic E-state index is 0.374. The maximum Gasteiger partial charge on any atom is 0.337 e. The second-order valence-electron chi connectivity index (χ2n) is 5.81. The molecule has 8 nitrogen and oxygen atoms in total. The predicted molar refractivity (Wildman–Crippen MR) is 100 cm³/mol. The molecule has 3 amide bonds. The average Bonchev–Trinajstić information content (AvgIpc) is 2.98. The third-order valence-corrected chi connectivity index (χ3v) is 3.60. The van der Waals surface area contributed by atoms with Crippen molar-refractivity contribution < 1.29 is 23.5 Å². The molecule has 0 aliphatic heterocycles. The Morgan fingerprint density at radius 1 is 1.07 bits per heavy atom. The molecule has 1 heterocycles. The van der Waals surface area contributed by atoms with Crippen LogP contribution < -0.4 is 16.2 Å². The monoisotopic (exact) mass is 375 g/mol. The van der Waals surface area contributed by atoms with Gasteiger partial charge in [-0.3, -0.25) is 10.2 Å². The molecule has 2 rings (SSSR count). The van der Waals surface area contributed by atoms with Crippen molar-refractivity contribution in [2.24, 2.45) is 0 Å². The van der Waals surface area contributed by atoms with Gasteiger partial charge in [-0.25, -0.2) is 10.2 Å². The van der Waals surface area contributed by atoms with Gasteiger partial charge in [0.2, 0.25) is 0 Å². The molecule has 0 saturated heterocycles. The number of hydrogen-bond donors (Lipinski definition) is 3. The van der Waals surface area contributed by atoms with Crippen LogP contribution in [0.25, 0.3) is 0 Å². The van der Waals surface area contributed by atoms with Gasteiger partial charge in [0, 0.05) is 12.3 Å². The Kier molecular flexibility index (Phi) is 7.84. The Morgan fingerprint density at radius 2 is 1.85 bits per heavy atom. The standard InChI is InChI=1S/C19H25N3O5/c1-4-25-8-9-26-12-15-6-5-7-16(11-15)20-19(24)22-21-18(23)17-10-13(2)27-14(17)3/h5-7,10-11H,4,8-9,12H2,1-3H3,(H,21,23)(H2,20,22,24). The molecule has 0 spiro atoms. The highest BCUT2D eigenvalue weighted by atomic mass is 16.5. The predicted octanol–water partition coefficient (Wildman–Crippen LogP) is 2.92. The van der Waals surface area contributed by atoms with Gasteiger partial charge >= 0.3 is 6.03 Å². The molecule has 1 aromatic heterocycles. The van der Waals surface area contributed by atoms with Crippen LogP contribution in [-0.4, -0.2) is 31.8 Å². The van der Waals surface area contributed by atoms with Gasteiger partial charge in [0.25, 0.3) is 5.91 Å². The van der Waals surface area contributed by atoms with E-state index >= 15 is 0 Å². The summed E-state index contributed by atoms with van der Waals surface area (Å²) >= 11 is 0. The highest BCUT2D eigenvalue weighted by Gasteiger charge is 2.14. The lowest BCUT2D eigenvalue weighted by Gasteiger charge is -2.10. The molecule has 0 aliphatic rings. The first kappa shape index (κ1) is 20.5. The number of ether oxygens (including phenoxy) is 2. The zero-order valence-electron chi connectivity index (χ0n) is 15.8. The van der Waals surface area contributed by atoms with E-state index in [1.807, 2.05) is 19.1 Å². The summed E-state index contributed by atoms with van der Waals surface area (Å²) in [5.41, 5.74) is 6.53. The molecule has 0 unspecified atom stereocenters. The van der Waals surface area contributed by atoms with Crippen LogP contribution in [0.2, 0.25) is 0 Å². The Bertz CT molecular complexity index is 772. The van der Waals surface area contributed by atoms with Crippen molar-refractivity contribution in [1.29, 1.82) is 0 Å². The van der Waals surface area contributed by atoms with E-state index in [-0.39, 0.29) is 0 Å². The normalized spacial score (nSPS) is 10.5. The summed E-state index contributed by atoms with van der Waals surface area (Å²) in [6.45, 7) is 7.49. The van der Waals surface area contributed by atoms with E-state index in [0.717, 1.165) is 5.56 Å². The fraction of sp³-hybridized carbons (Fsp3) is 0.368. The largest absolute Gasteiger partial charge is 0.466 e. The maximum atomic E-state index is 12.0. The highest BCUT2D eigenvalue weighted by molar-refractivity contribution is 5.97. The summed E-state index contributed by atoms with van der Waals surface area (Å²) in [7, 11) is 0. The molecule has 2 aromatic rings. The third-order valence-electron chi connectivity index (χ3n) is 3.60. The molecule has 0 bridgehead atoms. The van der Waals surface area contributed by atoms with Crippen molar-refractivity contribution in [2.75, 3.05) is 25.1 Å². The summed E-state index contributed by atoms with van der Waals surface area (Å²) in [4.78, 5) is 24.0. The van der Waals surface area contributed by atoms with Crippen molar-refractivity contribution in [1.82, 2.24) is 10.9 Å². The molecular weight excluding hydrogens is 350 g/mol. The zero-order chi connectivity index (χ0) is 19.6. The van der Waals surface area contributed by atoms with Crippen LogP contribution in [0, 0.1) is 13.8 Å². The second-order valence-corrected chi connectivity index (χ2v) is 5.81. The lowest BCUT2D eigenvalue weighted by atomic mass is 10.2. The number of aryl methyl sites for hydroxylation is 2. The maximum absolute atomic E-state index is 12.0. The van der Waals surface area contributed by atoms with Crippen LogP contribution in [0.3, 0.4) is 0 Å². The number of furan rings is 1. The van der Waals surface area contributed by atoms with Crippen molar-refractivity contribution in [3.8, 4) is 0 Å². The molecule has 0 radical (unpaired) electrons. The van der Waals surface area contributed by atoms with Gasteiger partial charge in [-0.05, 0) is 44.5 Å². The Labute approximate surface area is 158 Å². The number of hydrazine groups is 1. The van der Waals surface area contributed by atoms with Crippen LogP contribution in [0.15, 0.2) is 34.7 Å². The lowest BCUT2D eigenvalue weighted by Crippen LogP contribution is -2.44. The number of carbonyl (C=O) groups excluding carboxylic acids is 2. The van der Waals surface area contributed by atoms with Gasteiger partial charge in [0.05, 0.1) is 25.4 Å². The van der Waals surface area contributed by atoms with Crippen LogP contribution >= 0.6 is 0 Å². The number of anilines is 1. The van der Waals surface area contributed by atoms with E-state index in [1.54, 1.807) is 32.0 Å². The van der Waals surface area contributed by atoms with Crippen molar-refractivity contribution >= 4 is 17.6 Å². The van der Waals surface area contributed by atoms with Crippen molar-refractivity contribution in [3.05, 3.63) is 53.0 Å². The third kappa shape index (κ3) is 6.76. The van der Waals surface area contributed by atoms with Crippen LogP contribution in [0.5, 0.6) is 0 Å².